The molecule has 3 N–H and O–H groups in total. The van der Waals surface area contributed by atoms with Gasteiger partial charge in [-0.25, -0.2) is 0 Å². The molecular formula is C26H36N4O4. The van der Waals surface area contributed by atoms with Gasteiger partial charge in [0.15, 0.2) is 0 Å². The van der Waals surface area contributed by atoms with E-state index >= 15 is 0 Å². The first-order chi connectivity index (χ1) is 16.4. The van der Waals surface area contributed by atoms with Crippen LogP contribution in [-0.2, 0) is 20.9 Å². The molecule has 2 heterocycles. The topological polar surface area (TPSA) is 108 Å². The lowest BCUT2D eigenvalue weighted by Crippen LogP contribution is -2.52. The number of benzene rings is 1. The highest BCUT2D eigenvalue weighted by Gasteiger charge is 2.40. The number of unbranched alkanes of at least 4 members (excludes halogenated alkanes) is 1. The van der Waals surface area contributed by atoms with Crippen LogP contribution >= 0.6 is 0 Å². The van der Waals surface area contributed by atoms with Crippen LogP contribution in [0.25, 0.3) is 0 Å². The number of nitrogens with zero attached hydrogens (tertiary/aromatic N) is 1. The smallest absolute Gasteiger partial charge is 0.255 e. The van der Waals surface area contributed by atoms with Gasteiger partial charge in [0, 0.05) is 43.6 Å². The number of amides is 4. The van der Waals surface area contributed by atoms with Crippen molar-refractivity contribution in [2.45, 2.75) is 102 Å². The zero-order valence-corrected chi connectivity index (χ0v) is 20.2. The minimum absolute atomic E-state index is 0.0299. The molecule has 1 aromatic rings. The van der Waals surface area contributed by atoms with E-state index in [9.17, 15) is 19.2 Å². The molecule has 0 unspecified atom stereocenters. The SMILES string of the molecule is CCCC[C@@H](NC1CCC(NC(C)=O)CC1)c1cccc2c1CN([C@@H]1CCC(=O)NC1=O)C2=O. The molecule has 184 valence electrons. The van der Waals surface area contributed by atoms with Crippen LogP contribution in [0.5, 0.6) is 0 Å². The fourth-order valence-corrected chi connectivity index (χ4v) is 5.65. The molecule has 8 heteroatoms. The Bertz CT molecular complexity index is 954. The summed E-state index contributed by atoms with van der Waals surface area (Å²) in [6, 6.07) is 6.05. The number of imide groups is 1. The van der Waals surface area contributed by atoms with E-state index in [4.69, 9.17) is 0 Å². The second kappa shape index (κ2) is 10.7. The first kappa shape index (κ1) is 24.4. The molecule has 1 aliphatic carbocycles. The third-order valence-corrected chi connectivity index (χ3v) is 7.41. The summed E-state index contributed by atoms with van der Waals surface area (Å²) in [6.45, 7) is 4.15. The normalized spacial score (nSPS) is 25.6. The summed E-state index contributed by atoms with van der Waals surface area (Å²) >= 11 is 0. The predicted molar refractivity (Wildman–Crippen MR) is 128 cm³/mol. The summed E-state index contributed by atoms with van der Waals surface area (Å²) in [4.78, 5) is 50.3. The Morgan fingerprint density at radius 2 is 1.85 bits per heavy atom. The maximum absolute atomic E-state index is 13.2. The van der Waals surface area contributed by atoms with Gasteiger partial charge in [0.05, 0.1) is 0 Å². The zero-order chi connectivity index (χ0) is 24.2. The van der Waals surface area contributed by atoms with E-state index in [0.717, 1.165) is 56.1 Å². The maximum atomic E-state index is 13.2. The molecule has 0 aromatic heterocycles. The Morgan fingerprint density at radius 1 is 1.12 bits per heavy atom. The number of rotatable bonds is 8. The van der Waals surface area contributed by atoms with Gasteiger partial charge in [0.2, 0.25) is 17.7 Å². The highest BCUT2D eigenvalue weighted by Crippen LogP contribution is 2.35. The molecule has 1 aromatic carbocycles. The Kier molecular flexibility index (Phi) is 7.66. The third kappa shape index (κ3) is 5.32. The minimum Gasteiger partial charge on any atom is -0.354 e. The van der Waals surface area contributed by atoms with Crippen molar-refractivity contribution < 1.29 is 19.2 Å². The Labute approximate surface area is 201 Å². The van der Waals surface area contributed by atoms with Crippen LogP contribution in [0, 0.1) is 0 Å². The highest BCUT2D eigenvalue weighted by atomic mass is 16.2. The number of carbonyl (C=O) groups excluding carboxylic acids is 4. The molecule has 0 spiro atoms. The van der Waals surface area contributed by atoms with Gasteiger partial charge in [-0.1, -0.05) is 31.9 Å². The Balaban J connectivity index is 1.50. The Hall–Kier alpha value is -2.74. The van der Waals surface area contributed by atoms with Gasteiger partial charge in [0.25, 0.3) is 5.91 Å². The van der Waals surface area contributed by atoms with E-state index in [1.54, 1.807) is 11.8 Å². The maximum Gasteiger partial charge on any atom is 0.255 e. The summed E-state index contributed by atoms with van der Waals surface area (Å²) < 4.78 is 0. The van der Waals surface area contributed by atoms with Gasteiger partial charge in [-0.3, -0.25) is 24.5 Å². The quantitative estimate of drug-likeness (QED) is 0.509. The van der Waals surface area contributed by atoms with Crippen LogP contribution in [0.15, 0.2) is 18.2 Å². The van der Waals surface area contributed by atoms with Gasteiger partial charge in [-0.2, -0.15) is 0 Å². The Morgan fingerprint density at radius 3 is 2.53 bits per heavy atom. The van der Waals surface area contributed by atoms with Gasteiger partial charge < -0.3 is 15.5 Å². The monoisotopic (exact) mass is 468 g/mol. The number of carbonyl (C=O) groups is 4. The number of hydrogen-bond acceptors (Lipinski definition) is 5. The van der Waals surface area contributed by atoms with Crippen LogP contribution < -0.4 is 16.0 Å². The molecular weight excluding hydrogens is 432 g/mol. The van der Waals surface area contributed by atoms with Crippen LogP contribution in [0.4, 0.5) is 0 Å². The lowest BCUT2D eigenvalue weighted by Gasteiger charge is -2.33. The van der Waals surface area contributed by atoms with E-state index in [0.29, 0.717) is 24.6 Å². The molecule has 0 radical (unpaired) electrons. The number of piperidine rings is 1. The number of hydrogen-bond donors (Lipinski definition) is 3. The van der Waals surface area contributed by atoms with E-state index in [2.05, 4.69) is 28.9 Å². The highest BCUT2D eigenvalue weighted by molar-refractivity contribution is 6.05. The lowest BCUT2D eigenvalue weighted by molar-refractivity contribution is -0.137. The molecule has 4 amide bonds. The van der Waals surface area contributed by atoms with Crippen molar-refractivity contribution in [2.24, 2.45) is 0 Å². The summed E-state index contributed by atoms with van der Waals surface area (Å²) in [6.07, 6.45) is 7.70. The second-order valence-corrected chi connectivity index (χ2v) is 9.88. The van der Waals surface area contributed by atoms with Crippen molar-refractivity contribution in [3.63, 3.8) is 0 Å². The van der Waals surface area contributed by atoms with E-state index < -0.39 is 6.04 Å². The molecule has 2 aliphatic heterocycles. The fraction of sp³-hybridized carbons (Fsp3) is 0.615. The van der Waals surface area contributed by atoms with Crippen molar-refractivity contribution in [1.29, 1.82) is 0 Å². The molecule has 2 atom stereocenters. The van der Waals surface area contributed by atoms with E-state index in [-0.39, 0.29) is 42.1 Å². The fourth-order valence-electron chi connectivity index (χ4n) is 5.65. The summed E-state index contributed by atoms with van der Waals surface area (Å²) in [5, 5.41) is 9.29. The molecule has 34 heavy (non-hydrogen) atoms. The molecule has 2 fully saturated rings. The summed E-state index contributed by atoms with van der Waals surface area (Å²) in [5.41, 5.74) is 2.80. The van der Waals surface area contributed by atoms with Crippen molar-refractivity contribution in [3.8, 4) is 0 Å². The standard InChI is InChI=1S/C26H36N4O4/c1-3-4-8-22(28-18-11-9-17(10-12-18)27-16(2)31)19-6-5-7-20-21(19)15-30(26(20)34)23-13-14-24(32)29-25(23)33/h5-7,17-18,22-23,28H,3-4,8-15H2,1-2H3,(H,27,31)(H,29,32,33)/t17?,18?,22-,23-/m1/s1. The average molecular weight is 469 g/mol. The first-order valence-electron chi connectivity index (χ1n) is 12.7. The van der Waals surface area contributed by atoms with Gasteiger partial charge in [0.1, 0.15) is 6.04 Å². The number of nitrogens with one attached hydrogen (secondary N) is 3. The lowest BCUT2D eigenvalue weighted by atomic mass is 9.88. The average Bonchev–Trinajstić information content (AvgIpc) is 3.14. The first-order valence-corrected chi connectivity index (χ1v) is 12.7. The second-order valence-electron chi connectivity index (χ2n) is 9.88. The molecule has 1 saturated heterocycles. The van der Waals surface area contributed by atoms with Crippen LogP contribution in [0.2, 0.25) is 0 Å². The van der Waals surface area contributed by atoms with Crippen molar-refractivity contribution in [1.82, 2.24) is 20.9 Å². The largest absolute Gasteiger partial charge is 0.354 e. The van der Waals surface area contributed by atoms with Gasteiger partial charge in [-0.15, -0.1) is 0 Å². The molecule has 0 bridgehead atoms. The van der Waals surface area contributed by atoms with Crippen molar-refractivity contribution in [2.75, 3.05) is 0 Å². The van der Waals surface area contributed by atoms with Crippen LogP contribution in [0.3, 0.4) is 0 Å². The molecule has 4 rings (SSSR count). The summed E-state index contributed by atoms with van der Waals surface area (Å²) in [7, 11) is 0. The minimum atomic E-state index is -0.600. The van der Waals surface area contributed by atoms with Crippen LogP contribution in [0.1, 0.15) is 99.2 Å². The van der Waals surface area contributed by atoms with Crippen LogP contribution in [-0.4, -0.2) is 46.7 Å². The molecule has 3 aliphatic rings. The van der Waals surface area contributed by atoms with E-state index in [1.807, 2.05) is 12.1 Å². The summed E-state index contributed by atoms with van der Waals surface area (Å²) in [5.74, 6) is -0.752. The molecule has 8 nitrogen and oxygen atoms in total. The van der Waals surface area contributed by atoms with Gasteiger partial charge >= 0.3 is 0 Å². The van der Waals surface area contributed by atoms with Gasteiger partial charge in [-0.05, 0) is 55.7 Å². The number of fused-ring (bicyclic) bond motifs is 1. The predicted octanol–water partition coefficient (Wildman–Crippen LogP) is 2.72. The molecule has 1 saturated carbocycles. The van der Waals surface area contributed by atoms with Crippen molar-refractivity contribution >= 4 is 23.6 Å². The van der Waals surface area contributed by atoms with E-state index in [1.165, 1.54) is 0 Å². The van der Waals surface area contributed by atoms with Crippen molar-refractivity contribution in [3.05, 3.63) is 34.9 Å². The zero-order valence-electron chi connectivity index (χ0n) is 20.2. The third-order valence-electron chi connectivity index (χ3n) is 7.41.